The molecule has 1 aliphatic rings. The Morgan fingerprint density at radius 1 is 1.67 bits per heavy atom. The first-order valence-corrected chi connectivity index (χ1v) is 5.47. The molecule has 0 spiro atoms. The molecule has 0 unspecified atom stereocenters. The normalized spacial score (nSPS) is 14.1. The molecule has 1 aliphatic heterocycles. The topological polar surface area (TPSA) is 64.4 Å². The lowest BCUT2D eigenvalue weighted by Gasteiger charge is -2.11. The Balaban J connectivity index is 2.25. The van der Waals surface area contributed by atoms with Crippen LogP contribution in [0.5, 0.6) is 0 Å². The largest absolute Gasteiger partial charge is 0.461 e. The van der Waals surface area contributed by atoms with Gasteiger partial charge in [-0.05, 0) is 6.92 Å². The Morgan fingerprint density at radius 3 is 3.33 bits per heavy atom. The molecule has 6 heteroatoms. The maximum atomic E-state index is 11.4. The smallest absolute Gasteiger partial charge is 0.353 e. The van der Waals surface area contributed by atoms with Crippen molar-refractivity contribution >= 4 is 29.1 Å². The van der Waals surface area contributed by atoms with E-state index >= 15 is 0 Å². The average Bonchev–Trinajstić information content (AvgIpc) is 2.29. The van der Waals surface area contributed by atoms with Crippen LogP contribution in [0.25, 0.3) is 0 Å². The van der Waals surface area contributed by atoms with Crippen molar-refractivity contribution in [3.63, 3.8) is 0 Å². The molecule has 0 atom stereocenters. The number of hydrogen-bond donors (Lipinski definition) is 0. The highest BCUT2D eigenvalue weighted by molar-refractivity contribution is 8.00. The molecule has 1 aromatic heterocycles. The number of nitrogens with zero attached hydrogens (tertiary/aromatic N) is 3. The van der Waals surface area contributed by atoms with E-state index in [1.165, 1.54) is 18.1 Å². The van der Waals surface area contributed by atoms with Crippen LogP contribution in [0.3, 0.4) is 0 Å². The quantitative estimate of drug-likeness (QED) is 0.557. The van der Waals surface area contributed by atoms with E-state index in [4.69, 9.17) is 4.74 Å². The summed E-state index contributed by atoms with van der Waals surface area (Å²) in [5.41, 5.74) is 1.06. The van der Waals surface area contributed by atoms with E-state index in [1.54, 1.807) is 13.1 Å². The number of aromatic nitrogens is 2. The predicted octanol–water partition coefficient (Wildman–Crippen LogP) is 1.22. The molecule has 0 fully saturated rings. The summed E-state index contributed by atoms with van der Waals surface area (Å²) in [6.07, 6.45) is 3.06. The van der Waals surface area contributed by atoms with E-state index in [1.807, 2.05) is 0 Å². The van der Waals surface area contributed by atoms with Gasteiger partial charge >= 0.3 is 5.97 Å². The maximum absolute atomic E-state index is 11.4. The van der Waals surface area contributed by atoms with Gasteiger partial charge in [-0.3, -0.25) is 0 Å². The summed E-state index contributed by atoms with van der Waals surface area (Å²) >= 11 is 1.47. The molecule has 1 aromatic rings. The van der Waals surface area contributed by atoms with E-state index in [0.717, 1.165) is 5.03 Å². The van der Waals surface area contributed by atoms with Crippen molar-refractivity contribution in [3.05, 3.63) is 12.5 Å². The summed E-state index contributed by atoms with van der Waals surface area (Å²) in [6.45, 7) is 2.13. The second-order valence-corrected chi connectivity index (χ2v) is 3.74. The van der Waals surface area contributed by atoms with Crippen LogP contribution in [-0.4, -0.2) is 34.0 Å². The fraction of sp³-hybridized carbons (Fsp3) is 0.333. The van der Waals surface area contributed by atoms with Gasteiger partial charge < -0.3 is 4.74 Å². The number of carbonyl (C=O) groups excluding carboxylic acids is 1. The number of ether oxygens (including phenoxy) is 1. The number of hydrogen-bond acceptors (Lipinski definition) is 6. The van der Waals surface area contributed by atoms with Crippen LogP contribution in [0.2, 0.25) is 0 Å². The highest BCUT2D eigenvalue weighted by Gasteiger charge is 2.20. The first-order valence-electron chi connectivity index (χ1n) is 4.48. The average molecular weight is 223 g/mol. The molecule has 0 radical (unpaired) electrons. The Morgan fingerprint density at radius 2 is 2.53 bits per heavy atom. The minimum atomic E-state index is -0.362. The van der Waals surface area contributed by atoms with E-state index < -0.39 is 0 Å². The maximum Gasteiger partial charge on any atom is 0.353 e. The summed E-state index contributed by atoms with van der Waals surface area (Å²) in [5.74, 6) is 0.141. The van der Waals surface area contributed by atoms with Crippen LogP contribution in [-0.2, 0) is 9.53 Å². The van der Waals surface area contributed by atoms with Gasteiger partial charge in [0.25, 0.3) is 0 Å². The molecule has 2 rings (SSSR count). The van der Waals surface area contributed by atoms with Crippen molar-refractivity contribution in [2.24, 2.45) is 4.99 Å². The lowest BCUT2D eigenvalue weighted by molar-refractivity contribution is -0.135. The zero-order chi connectivity index (χ0) is 10.7. The SMILES string of the molecule is CCOC(=O)C1=Nc2cncnc2SC1. The van der Waals surface area contributed by atoms with E-state index in [2.05, 4.69) is 15.0 Å². The van der Waals surface area contributed by atoms with Crippen molar-refractivity contribution in [1.82, 2.24) is 9.97 Å². The van der Waals surface area contributed by atoms with Crippen LogP contribution in [0.1, 0.15) is 6.92 Å². The van der Waals surface area contributed by atoms with Gasteiger partial charge in [0.05, 0.1) is 12.8 Å². The zero-order valence-corrected chi connectivity index (χ0v) is 8.95. The van der Waals surface area contributed by atoms with Gasteiger partial charge in [0.15, 0.2) is 0 Å². The molecule has 78 valence electrons. The molecule has 2 heterocycles. The van der Waals surface area contributed by atoms with Crippen LogP contribution in [0.15, 0.2) is 22.5 Å². The fourth-order valence-corrected chi connectivity index (χ4v) is 1.96. The van der Waals surface area contributed by atoms with Gasteiger partial charge in [-0.15, -0.1) is 0 Å². The first-order chi connectivity index (χ1) is 7.31. The van der Waals surface area contributed by atoms with Crippen molar-refractivity contribution in [2.45, 2.75) is 11.9 Å². The van der Waals surface area contributed by atoms with Crippen LogP contribution in [0.4, 0.5) is 5.69 Å². The third kappa shape index (κ3) is 2.15. The number of rotatable bonds is 2. The minimum absolute atomic E-state index is 0.362. The van der Waals surface area contributed by atoms with Crippen molar-refractivity contribution in [2.75, 3.05) is 12.4 Å². The molecule has 0 amide bonds. The number of esters is 1. The summed E-state index contributed by atoms with van der Waals surface area (Å²) in [5, 5.41) is 0.804. The zero-order valence-electron chi connectivity index (χ0n) is 8.14. The molecule has 0 saturated heterocycles. The number of aliphatic imine (C=N–C) groups is 1. The molecule has 0 N–H and O–H groups in total. The van der Waals surface area contributed by atoms with Gasteiger partial charge in [-0.2, -0.15) is 0 Å². The summed E-state index contributed by atoms with van der Waals surface area (Å²) < 4.78 is 4.87. The van der Waals surface area contributed by atoms with Crippen molar-refractivity contribution < 1.29 is 9.53 Å². The minimum Gasteiger partial charge on any atom is -0.461 e. The number of fused-ring (bicyclic) bond motifs is 1. The second kappa shape index (κ2) is 4.39. The summed E-state index contributed by atoms with van der Waals surface area (Å²) in [4.78, 5) is 23.5. The summed E-state index contributed by atoms with van der Waals surface area (Å²) in [6, 6.07) is 0. The number of carbonyl (C=O) groups is 1. The van der Waals surface area contributed by atoms with E-state index in [0.29, 0.717) is 23.8 Å². The standard InChI is InChI=1S/C9H9N3O2S/c1-2-14-9(13)7-4-15-8-6(12-7)3-10-5-11-8/h3,5H,2,4H2,1H3. The Kier molecular flexibility index (Phi) is 2.96. The highest BCUT2D eigenvalue weighted by Crippen LogP contribution is 2.30. The fourth-order valence-electron chi connectivity index (χ4n) is 1.13. The highest BCUT2D eigenvalue weighted by atomic mass is 32.2. The molecular formula is C9H9N3O2S. The van der Waals surface area contributed by atoms with Gasteiger partial charge in [0.1, 0.15) is 22.8 Å². The molecular weight excluding hydrogens is 214 g/mol. The predicted molar refractivity (Wildman–Crippen MR) is 56.5 cm³/mol. The summed E-state index contributed by atoms with van der Waals surface area (Å²) in [7, 11) is 0. The van der Waals surface area contributed by atoms with Gasteiger partial charge in [0, 0.05) is 5.75 Å². The second-order valence-electron chi connectivity index (χ2n) is 2.78. The first kappa shape index (κ1) is 10.1. The monoisotopic (exact) mass is 223 g/mol. The number of thioether (sulfide) groups is 1. The van der Waals surface area contributed by atoms with E-state index in [9.17, 15) is 4.79 Å². The van der Waals surface area contributed by atoms with E-state index in [-0.39, 0.29) is 5.97 Å². The van der Waals surface area contributed by atoms with Gasteiger partial charge in [0.2, 0.25) is 0 Å². The molecule has 0 saturated carbocycles. The third-order valence-corrected chi connectivity index (χ3v) is 2.78. The molecule has 15 heavy (non-hydrogen) atoms. The van der Waals surface area contributed by atoms with Gasteiger partial charge in [-0.25, -0.2) is 19.8 Å². The lowest BCUT2D eigenvalue weighted by atomic mass is 10.4. The van der Waals surface area contributed by atoms with Crippen molar-refractivity contribution in [3.8, 4) is 0 Å². The lowest BCUT2D eigenvalue weighted by Crippen LogP contribution is -2.21. The Bertz CT molecular complexity index is 420. The Labute approximate surface area is 91.0 Å². The molecule has 0 aliphatic carbocycles. The van der Waals surface area contributed by atoms with Crippen molar-refractivity contribution in [1.29, 1.82) is 0 Å². The third-order valence-electron chi connectivity index (χ3n) is 1.77. The molecule has 0 aromatic carbocycles. The van der Waals surface area contributed by atoms with Gasteiger partial charge in [-0.1, -0.05) is 11.8 Å². The van der Waals surface area contributed by atoms with Crippen LogP contribution >= 0.6 is 11.8 Å². The Hall–Kier alpha value is -1.43. The molecule has 5 nitrogen and oxygen atoms in total. The van der Waals surface area contributed by atoms with Crippen LogP contribution < -0.4 is 0 Å². The molecule has 0 bridgehead atoms. The van der Waals surface area contributed by atoms with Crippen LogP contribution in [0, 0.1) is 0 Å².